The second-order valence-electron chi connectivity index (χ2n) is 7.38. The molecule has 2 aliphatic rings. The maximum Gasteiger partial charge on any atom is 0.211 e. The maximum absolute atomic E-state index is 12.9. The van der Waals surface area contributed by atoms with Gasteiger partial charge in [-0.1, -0.05) is 48.6 Å². The molecule has 0 bridgehead atoms. The summed E-state index contributed by atoms with van der Waals surface area (Å²) in [5.41, 5.74) is 5.48. The predicted molar refractivity (Wildman–Crippen MR) is 115 cm³/mol. The summed E-state index contributed by atoms with van der Waals surface area (Å²) < 4.78 is 0. The number of nitrogens with zero attached hydrogens (tertiary/aromatic N) is 2. The zero-order valence-electron chi connectivity index (χ0n) is 16.2. The zero-order chi connectivity index (χ0) is 20.5. The summed E-state index contributed by atoms with van der Waals surface area (Å²) in [5, 5.41) is 0. The topological polar surface area (TPSA) is 59.9 Å². The number of allylic oxidation sites excluding steroid dienone is 5. The second-order valence-corrected chi connectivity index (χ2v) is 7.38. The fraction of sp³-hybridized carbons (Fsp3) is 0.0769. The van der Waals surface area contributed by atoms with Crippen LogP contribution in [0, 0.1) is 0 Å². The van der Waals surface area contributed by atoms with Crippen LogP contribution in [0.3, 0.4) is 0 Å². The van der Waals surface area contributed by atoms with Crippen LogP contribution in [0.25, 0.3) is 6.08 Å². The number of aromatic nitrogens is 2. The third kappa shape index (κ3) is 3.22. The first-order valence-electron chi connectivity index (χ1n) is 9.85. The lowest BCUT2D eigenvalue weighted by Crippen LogP contribution is -2.16. The molecule has 0 saturated heterocycles. The third-order valence-corrected chi connectivity index (χ3v) is 5.57. The summed E-state index contributed by atoms with van der Waals surface area (Å²) in [6, 6.07) is 16.4. The van der Waals surface area contributed by atoms with Crippen molar-refractivity contribution < 1.29 is 9.59 Å². The molecule has 0 amide bonds. The van der Waals surface area contributed by atoms with Gasteiger partial charge in [0.25, 0.3) is 0 Å². The van der Waals surface area contributed by atoms with E-state index >= 15 is 0 Å². The molecule has 4 nitrogen and oxygen atoms in total. The van der Waals surface area contributed by atoms with Crippen LogP contribution in [0.15, 0.2) is 96.4 Å². The van der Waals surface area contributed by atoms with E-state index in [0.717, 1.165) is 22.3 Å². The quantitative estimate of drug-likeness (QED) is 0.591. The van der Waals surface area contributed by atoms with Crippen molar-refractivity contribution >= 4 is 17.6 Å². The highest BCUT2D eigenvalue weighted by Gasteiger charge is 2.28. The summed E-state index contributed by atoms with van der Waals surface area (Å²) in [5.74, 6) is -0.119. The number of benzene rings is 1. The van der Waals surface area contributed by atoms with E-state index in [1.807, 2.05) is 42.5 Å². The number of hydrogen-bond donors (Lipinski definition) is 0. The monoisotopic (exact) mass is 390 g/mol. The molecular formula is C26H18N2O2. The van der Waals surface area contributed by atoms with Gasteiger partial charge in [-0.2, -0.15) is 0 Å². The Balaban J connectivity index is 1.49. The van der Waals surface area contributed by atoms with Gasteiger partial charge in [-0.15, -0.1) is 0 Å². The first kappa shape index (κ1) is 18.1. The predicted octanol–water partition coefficient (Wildman–Crippen LogP) is 4.96. The number of hydrogen-bond acceptors (Lipinski definition) is 4. The van der Waals surface area contributed by atoms with Gasteiger partial charge in [0, 0.05) is 29.4 Å². The van der Waals surface area contributed by atoms with Crippen molar-refractivity contribution in [3.63, 3.8) is 0 Å². The number of Topliss-reactive ketones (excluding diaryl/α,β-unsaturated/α-hetero) is 1. The van der Waals surface area contributed by atoms with Gasteiger partial charge < -0.3 is 0 Å². The largest absolute Gasteiger partial charge is 0.287 e. The van der Waals surface area contributed by atoms with Crippen LogP contribution >= 0.6 is 0 Å². The van der Waals surface area contributed by atoms with E-state index in [4.69, 9.17) is 0 Å². The van der Waals surface area contributed by atoms with E-state index in [9.17, 15) is 9.59 Å². The summed E-state index contributed by atoms with van der Waals surface area (Å²) in [4.78, 5) is 34.2. The highest BCUT2D eigenvalue weighted by atomic mass is 16.1. The van der Waals surface area contributed by atoms with Gasteiger partial charge in [0.1, 0.15) is 11.4 Å². The molecule has 4 heteroatoms. The Kier molecular flexibility index (Phi) is 4.52. The average Bonchev–Trinajstić information content (AvgIpc) is 2.83. The molecule has 0 fully saturated rings. The van der Waals surface area contributed by atoms with E-state index in [1.165, 1.54) is 0 Å². The Morgan fingerprint density at radius 1 is 0.800 bits per heavy atom. The number of rotatable bonds is 4. The molecule has 30 heavy (non-hydrogen) atoms. The van der Waals surface area contributed by atoms with Crippen LogP contribution in [0.5, 0.6) is 0 Å². The normalized spacial score (nSPS) is 16.7. The molecule has 0 saturated carbocycles. The van der Waals surface area contributed by atoms with Gasteiger partial charge in [0.2, 0.25) is 11.6 Å². The van der Waals surface area contributed by atoms with Gasteiger partial charge in [-0.25, -0.2) is 0 Å². The molecule has 144 valence electrons. The molecule has 3 aromatic rings. The highest BCUT2D eigenvalue weighted by Crippen LogP contribution is 2.41. The van der Waals surface area contributed by atoms with Gasteiger partial charge in [-0.3, -0.25) is 19.6 Å². The molecule has 0 spiro atoms. The van der Waals surface area contributed by atoms with Gasteiger partial charge in [-0.05, 0) is 53.5 Å². The lowest BCUT2D eigenvalue weighted by Gasteiger charge is -2.28. The molecule has 1 aromatic carbocycles. The Hall–Kier alpha value is -3.92. The van der Waals surface area contributed by atoms with Crippen LogP contribution in [0.1, 0.15) is 50.0 Å². The van der Waals surface area contributed by atoms with E-state index in [-0.39, 0.29) is 17.5 Å². The van der Waals surface area contributed by atoms with Crippen LogP contribution in [0.2, 0.25) is 0 Å². The molecule has 2 heterocycles. The molecule has 0 N–H and O–H groups in total. The molecular weight excluding hydrogens is 372 g/mol. The van der Waals surface area contributed by atoms with Gasteiger partial charge in [0.15, 0.2) is 0 Å². The maximum atomic E-state index is 12.9. The smallest absolute Gasteiger partial charge is 0.211 e. The molecule has 2 aromatic heterocycles. The lowest BCUT2D eigenvalue weighted by molar-refractivity contribution is 0.102. The Morgan fingerprint density at radius 2 is 1.53 bits per heavy atom. The van der Waals surface area contributed by atoms with Gasteiger partial charge in [0.05, 0.1) is 0 Å². The van der Waals surface area contributed by atoms with E-state index in [0.29, 0.717) is 23.4 Å². The Bertz CT molecular complexity index is 1240. The summed E-state index contributed by atoms with van der Waals surface area (Å²) in [6.07, 6.45) is 11.9. The van der Waals surface area contributed by atoms with Crippen LogP contribution in [-0.2, 0) is 0 Å². The molecule has 0 radical (unpaired) electrons. The van der Waals surface area contributed by atoms with E-state index in [1.54, 1.807) is 36.7 Å². The number of pyridine rings is 2. The first-order chi connectivity index (χ1) is 14.7. The molecule has 5 rings (SSSR count). The summed E-state index contributed by atoms with van der Waals surface area (Å²) in [7, 11) is 0. The molecule has 1 unspecified atom stereocenters. The average molecular weight is 390 g/mol. The van der Waals surface area contributed by atoms with Crippen LogP contribution in [0.4, 0.5) is 0 Å². The number of fused-ring (bicyclic) bond motifs is 3. The number of carbonyl (C=O) groups is 2. The van der Waals surface area contributed by atoms with Crippen molar-refractivity contribution in [2.24, 2.45) is 0 Å². The van der Waals surface area contributed by atoms with Crippen molar-refractivity contribution in [3.05, 3.63) is 124 Å². The Labute approximate surface area is 174 Å². The molecule has 2 aliphatic carbocycles. The fourth-order valence-corrected chi connectivity index (χ4v) is 4.01. The zero-order valence-corrected chi connectivity index (χ0v) is 16.2. The minimum atomic E-state index is -0.102. The molecule has 0 aliphatic heterocycles. The summed E-state index contributed by atoms with van der Waals surface area (Å²) >= 11 is 0. The standard InChI is InChI=1S/C26H18N2O2/c29-25(23-5-1-3-13-27-23)19-11-9-17-7-8-18-10-12-20(16-22(18)21(17)15-19)26(30)24-6-2-4-14-28-24/h1-15,22H,16H2. The van der Waals surface area contributed by atoms with Crippen molar-refractivity contribution in [1.82, 2.24) is 9.97 Å². The first-order valence-corrected chi connectivity index (χ1v) is 9.85. The highest BCUT2D eigenvalue weighted by molar-refractivity contribution is 6.09. The number of ketones is 2. The van der Waals surface area contributed by atoms with E-state index < -0.39 is 0 Å². The van der Waals surface area contributed by atoms with Crippen LogP contribution < -0.4 is 0 Å². The fourth-order valence-electron chi connectivity index (χ4n) is 4.01. The van der Waals surface area contributed by atoms with Crippen molar-refractivity contribution in [3.8, 4) is 0 Å². The van der Waals surface area contributed by atoms with E-state index in [2.05, 4.69) is 22.1 Å². The third-order valence-electron chi connectivity index (χ3n) is 5.57. The SMILES string of the molecule is O=C(C1=CC=C2C=Cc3ccc(C(=O)c4ccccn4)cc3C2C1)c1ccccn1. The van der Waals surface area contributed by atoms with Crippen molar-refractivity contribution in [2.45, 2.75) is 12.3 Å². The van der Waals surface area contributed by atoms with Crippen LogP contribution in [-0.4, -0.2) is 21.5 Å². The van der Waals surface area contributed by atoms with Gasteiger partial charge >= 0.3 is 0 Å². The number of carbonyl (C=O) groups excluding carboxylic acids is 2. The minimum Gasteiger partial charge on any atom is -0.287 e. The summed E-state index contributed by atoms with van der Waals surface area (Å²) in [6.45, 7) is 0. The van der Waals surface area contributed by atoms with Crippen molar-refractivity contribution in [1.29, 1.82) is 0 Å². The second kappa shape index (κ2) is 7.48. The minimum absolute atomic E-state index is 0.0362. The van der Waals surface area contributed by atoms with Crippen molar-refractivity contribution in [2.75, 3.05) is 0 Å². The molecule has 1 atom stereocenters. The lowest BCUT2D eigenvalue weighted by atomic mass is 9.75. The Morgan fingerprint density at radius 3 is 2.23 bits per heavy atom.